The molecule has 3 aromatic rings. The van der Waals surface area contributed by atoms with Gasteiger partial charge in [0.15, 0.2) is 5.96 Å². The Labute approximate surface area is 184 Å². The third kappa shape index (κ3) is 5.70. The summed E-state index contributed by atoms with van der Waals surface area (Å²) in [6.45, 7) is 8.79. The number of rotatable bonds is 7. The van der Waals surface area contributed by atoms with Crippen LogP contribution in [0.3, 0.4) is 0 Å². The van der Waals surface area contributed by atoms with Crippen LogP contribution in [0.15, 0.2) is 47.7 Å². The van der Waals surface area contributed by atoms with Crippen LogP contribution >= 0.6 is 24.0 Å². The van der Waals surface area contributed by atoms with Gasteiger partial charge in [0.05, 0.1) is 0 Å². The number of halogens is 1. The van der Waals surface area contributed by atoms with Crippen molar-refractivity contribution in [2.75, 3.05) is 19.6 Å². The summed E-state index contributed by atoms with van der Waals surface area (Å²) in [7, 11) is 0. The molecule has 0 aliphatic rings. The van der Waals surface area contributed by atoms with Crippen LogP contribution in [0.1, 0.15) is 29.3 Å². The average molecular weight is 491 g/mol. The summed E-state index contributed by atoms with van der Waals surface area (Å²) in [6.07, 6.45) is 5.65. The first-order valence-corrected chi connectivity index (χ1v) is 9.67. The molecule has 2 aromatic heterocycles. The van der Waals surface area contributed by atoms with Crippen LogP contribution in [0.5, 0.6) is 0 Å². The smallest absolute Gasteiger partial charge is 0.191 e. The summed E-state index contributed by atoms with van der Waals surface area (Å²) in [4.78, 5) is 12.4. The van der Waals surface area contributed by atoms with Gasteiger partial charge in [0, 0.05) is 48.6 Å². The second kappa shape index (κ2) is 11.0. The first kappa shape index (κ1) is 22.2. The van der Waals surface area contributed by atoms with Crippen LogP contribution in [0.25, 0.3) is 10.9 Å². The van der Waals surface area contributed by atoms with Gasteiger partial charge in [0.2, 0.25) is 0 Å². The van der Waals surface area contributed by atoms with E-state index >= 15 is 0 Å². The second-order valence-corrected chi connectivity index (χ2v) is 6.76. The van der Waals surface area contributed by atoms with E-state index in [0.29, 0.717) is 0 Å². The summed E-state index contributed by atoms with van der Waals surface area (Å²) >= 11 is 0. The van der Waals surface area contributed by atoms with Crippen molar-refractivity contribution in [2.45, 2.75) is 33.6 Å². The van der Waals surface area contributed by atoms with Crippen LogP contribution in [0.4, 0.5) is 0 Å². The third-order valence-corrected chi connectivity index (χ3v) is 4.83. The Morgan fingerprint density at radius 1 is 1.11 bits per heavy atom. The molecule has 3 N–H and O–H groups in total. The standard InChI is InChI=1S/C22H29N5.HI/c1-4-24-22(25-13-10-18-9-12-23-15-16(18)2)26-14-11-19-17(3)27-21-8-6-5-7-20(19)21;/h5-9,12,15,27H,4,10-11,13-14H2,1-3H3,(H2,24,25,26);1H. The molecule has 0 radical (unpaired) electrons. The summed E-state index contributed by atoms with van der Waals surface area (Å²) in [5.41, 5.74) is 6.35. The fourth-order valence-corrected chi connectivity index (χ4v) is 3.38. The van der Waals surface area contributed by atoms with Crippen LogP contribution in [-0.4, -0.2) is 35.6 Å². The summed E-state index contributed by atoms with van der Waals surface area (Å²) in [6, 6.07) is 10.5. The minimum absolute atomic E-state index is 0. The number of aromatic nitrogens is 2. The van der Waals surface area contributed by atoms with Gasteiger partial charge in [-0.1, -0.05) is 18.2 Å². The first-order chi connectivity index (χ1) is 13.2. The molecule has 3 rings (SSSR count). The van der Waals surface area contributed by atoms with E-state index in [-0.39, 0.29) is 24.0 Å². The number of para-hydroxylation sites is 1. The molecule has 0 bridgehead atoms. The van der Waals surface area contributed by atoms with Crippen LogP contribution in [-0.2, 0) is 12.8 Å². The molecule has 150 valence electrons. The van der Waals surface area contributed by atoms with E-state index < -0.39 is 0 Å². The number of benzene rings is 1. The molecule has 5 nitrogen and oxygen atoms in total. The maximum atomic E-state index is 4.76. The van der Waals surface area contributed by atoms with Gasteiger partial charge in [-0.3, -0.25) is 9.98 Å². The van der Waals surface area contributed by atoms with Crippen molar-refractivity contribution < 1.29 is 0 Å². The van der Waals surface area contributed by atoms with Gasteiger partial charge >= 0.3 is 0 Å². The van der Waals surface area contributed by atoms with E-state index in [2.05, 4.69) is 71.7 Å². The molecule has 0 spiro atoms. The quantitative estimate of drug-likeness (QED) is 0.265. The molecule has 0 fully saturated rings. The molecular formula is C22H30IN5. The van der Waals surface area contributed by atoms with Gasteiger partial charge < -0.3 is 15.6 Å². The number of fused-ring (bicyclic) bond motifs is 1. The monoisotopic (exact) mass is 491 g/mol. The van der Waals surface area contributed by atoms with E-state index in [0.717, 1.165) is 38.4 Å². The number of aryl methyl sites for hydroxylation is 2. The van der Waals surface area contributed by atoms with Gasteiger partial charge in [0.25, 0.3) is 0 Å². The number of aliphatic imine (C=N–C) groups is 1. The maximum absolute atomic E-state index is 4.76. The van der Waals surface area contributed by atoms with Crippen molar-refractivity contribution in [1.29, 1.82) is 0 Å². The lowest BCUT2D eigenvalue weighted by Gasteiger charge is -2.12. The highest BCUT2D eigenvalue weighted by Crippen LogP contribution is 2.22. The maximum Gasteiger partial charge on any atom is 0.191 e. The largest absolute Gasteiger partial charge is 0.358 e. The highest BCUT2D eigenvalue weighted by molar-refractivity contribution is 14.0. The molecule has 28 heavy (non-hydrogen) atoms. The Bertz CT molecular complexity index is 916. The number of aromatic amines is 1. The SMILES string of the molecule is CCNC(=NCCc1c(C)[nH]c2ccccc12)NCCc1ccncc1C.I. The summed E-state index contributed by atoms with van der Waals surface area (Å²) in [5.74, 6) is 0.877. The minimum Gasteiger partial charge on any atom is -0.358 e. The predicted octanol–water partition coefficient (Wildman–Crippen LogP) is 4.14. The van der Waals surface area contributed by atoms with Crippen molar-refractivity contribution in [1.82, 2.24) is 20.6 Å². The zero-order valence-corrected chi connectivity index (χ0v) is 19.2. The van der Waals surface area contributed by atoms with Crippen molar-refractivity contribution in [3.8, 4) is 0 Å². The van der Waals surface area contributed by atoms with Crippen molar-refractivity contribution in [3.63, 3.8) is 0 Å². The molecule has 0 aliphatic carbocycles. The Hall–Kier alpha value is -2.09. The molecular weight excluding hydrogens is 461 g/mol. The number of nitrogens with one attached hydrogen (secondary N) is 3. The average Bonchev–Trinajstić information content (AvgIpc) is 2.99. The normalized spacial score (nSPS) is 11.3. The molecule has 2 heterocycles. The summed E-state index contributed by atoms with van der Waals surface area (Å²) in [5, 5.41) is 8.08. The van der Waals surface area contributed by atoms with E-state index in [1.807, 2.05) is 12.4 Å². The molecule has 0 saturated carbocycles. The van der Waals surface area contributed by atoms with Gasteiger partial charge in [-0.25, -0.2) is 0 Å². The number of nitrogens with zero attached hydrogens (tertiary/aromatic N) is 2. The third-order valence-electron chi connectivity index (χ3n) is 4.83. The lowest BCUT2D eigenvalue weighted by molar-refractivity contribution is 0.793. The Morgan fingerprint density at radius 3 is 2.71 bits per heavy atom. The number of pyridine rings is 1. The fourth-order valence-electron chi connectivity index (χ4n) is 3.38. The molecule has 6 heteroatoms. The number of hydrogen-bond donors (Lipinski definition) is 3. The Morgan fingerprint density at radius 2 is 1.93 bits per heavy atom. The van der Waals surface area contributed by atoms with Gasteiger partial charge in [-0.2, -0.15) is 0 Å². The number of hydrogen-bond acceptors (Lipinski definition) is 2. The zero-order valence-electron chi connectivity index (χ0n) is 16.9. The lowest BCUT2D eigenvalue weighted by atomic mass is 10.1. The fraction of sp³-hybridized carbons (Fsp3) is 0.364. The van der Waals surface area contributed by atoms with Crippen LogP contribution in [0, 0.1) is 13.8 Å². The van der Waals surface area contributed by atoms with Crippen molar-refractivity contribution in [3.05, 3.63) is 65.1 Å². The van der Waals surface area contributed by atoms with Crippen LogP contribution < -0.4 is 10.6 Å². The molecule has 0 unspecified atom stereocenters. The zero-order chi connectivity index (χ0) is 19.1. The van der Waals surface area contributed by atoms with E-state index in [1.54, 1.807) is 0 Å². The van der Waals surface area contributed by atoms with Gasteiger partial charge in [-0.15, -0.1) is 24.0 Å². The van der Waals surface area contributed by atoms with E-state index in [9.17, 15) is 0 Å². The molecule has 0 amide bonds. The first-order valence-electron chi connectivity index (χ1n) is 9.67. The van der Waals surface area contributed by atoms with Gasteiger partial charge in [-0.05, 0) is 62.4 Å². The second-order valence-electron chi connectivity index (χ2n) is 6.76. The van der Waals surface area contributed by atoms with E-state index in [4.69, 9.17) is 4.99 Å². The summed E-state index contributed by atoms with van der Waals surface area (Å²) < 4.78 is 0. The highest BCUT2D eigenvalue weighted by atomic mass is 127. The number of H-pyrrole nitrogens is 1. The molecule has 0 atom stereocenters. The van der Waals surface area contributed by atoms with Crippen molar-refractivity contribution in [2.24, 2.45) is 4.99 Å². The van der Waals surface area contributed by atoms with Crippen molar-refractivity contribution >= 4 is 40.8 Å². The lowest BCUT2D eigenvalue weighted by Crippen LogP contribution is -2.38. The molecule has 1 aromatic carbocycles. The minimum atomic E-state index is 0. The Balaban J connectivity index is 0.00000280. The number of guanidine groups is 1. The topological polar surface area (TPSA) is 65.1 Å². The predicted molar refractivity (Wildman–Crippen MR) is 129 cm³/mol. The molecule has 0 aliphatic heterocycles. The molecule has 0 saturated heterocycles. The van der Waals surface area contributed by atoms with Gasteiger partial charge in [0.1, 0.15) is 0 Å². The Kier molecular flexibility index (Phi) is 8.76. The highest BCUT2D eigenvalue weighted by Gasteiger charge is 2.07. The van der Waals surface area contributed by atoms with E-state index in [1.165, 1.54) is 33.3 Å². The van der Waals surface area contributed by atoms with Crippen LogP contribution in [0.2, 0.25) is 0 Å².